The Labute approximate surface area is 123 Å². The lowest BCUT2D eigenvalue weighted by atomic mass is 9.54. The first kappa shape index (κ1) is 12.1. The predicted molar refractivity (Wildman–Crippen MR) is 77.8 cm³/mol. The molecular formula is C17H19NO3. The van der Waals surface area contributed by atoms with Crippen LogP contribution in [-0.4, -0.2) is 37.0 Å². The zero-order valence-electron chi connectivity index (χ0n) is 12.0. The third-order valence-corrected chi connectivity index (χ3v) is 5.88. The van der Waals surface area contributed by atoms with Gasteiger partial charge in [0.2, 0.25) is 0 Å². The van der Waals surface area contributed by atoms with E-state index in [0.717, 1.165) is 30.9 Å². The van der Waals surface area contributed by atoms with Crippen LogP contribution in [0.5, 0.6) is 11.5 Å². The van der Waals surface area contributed by atoms with Gasteiger partial charge in [-0.1, -0.05) is 18.2 Å². The molecule has 2 aliphatic heterocycles. The molecular weight excluding hydrogens is 266 g/mol. The molecule has 2 N–H and O–H groups in total. The fraction of sp³-hybridized carbons (Fsp3) is 0.529. The highest BCUT2D eigenvalue weighted by Gasteiger charge is 2.63. The van der Waals surface area contributed by atoms with Crippen molar-refractivity contribution in [2.45, 2.75) is 36.5 Å². The zero-order valence-corrected chi connectivity index (χ0v) is 12.0. The first-order valence-corrected chi connectivity index (χ1v) is 7.72. The highest BCUT2D eigenvalue weighted by molar-refractivity contribution is 5.62. The van der Waals surface area contributed by atoms with Crippen molar-refractivity contribution in [3.05, 3.63) is 35.4 Å². The van der Waals surface area contributed by atoms with Gasteiger partial charge in [-0.25, -0.2) is 0 Å². The molecule has 1 spiro atoms. The Morgan fingerprint density at radius 3 is 3.14 bits per heavy atom. The molecule has 4 nitrogen and oxygen atoms in total. The van der Waals surface area contributed by atoms with Crippen molar-refractivity contribution in [3.8, 4) is 11.5 Å². The number of hydrogen-bond acceptors (Lipinski definition) is 4. The molecule has 0 radical (unpaired) electrons. The van der Waals surface area contributed by atoms with Crippen LogP contribution in [0.15, 0.2) is 24.3 Å². The standard InChI is InChI=1S/C17H19NO3/c1-20-13-5-2-9-8-11-10-3-4-12(19)16-17(10,6-7-18-11)14(9)15(13)21-16/h2-5,10-12,16,18-19H,6-8H2,1H3/t10-,11?,12-,16-,17?/m0/s1. The van der Waals surface area contributed by atoms with Crippen LogP contribution in [0.4, 0.5) is 0 Å². The van der Waals surface area contributed by atoms with Crippen LogP contribution >= 0.6 is 0 Å². The molecule has 2 aliphatic carbocycles. The largest absolute Gasteiger partial charge is 0.493 e. The summed E-state index contributed by atoms with van der Waals surface area (Å²) >= 11 is 0. The number of benzene rings is 1. The number of hydrogen-bond donors (Lipinski definition) is 2. The van der Waals surface area contributed by atoms with Gasteiger partial charge in [0.1, 0.15) is 12.2 Å². The number of piperidine rings is 1. The predicted octanol–water partition coefficient (Wildman–Crippen LogP) is 1.16. The molecule has 1 aromatic carbocycles. The lowest BCUT2D eigenvalue weighted by molar-refractivity contribution is -0.0177. The smallest absolute Gasteiger partial charge is 0.165 e. The molecule has 1 aromatic rings. The maximum atomic E-state index is 10.5. The van der Waals surface area contributed by atoms with Gasteiger partial charge in [0.05, 0.1) is 7.11 Å². The molecule has 4 aliphatic rings. The maximum Gasteiger partial charge on any atom is 0.165 e. The minimum absolute atomic E-state index is 0.0818. The third kappa shape index (κ3) is 1.25. The van der Waals surface area contributed by atoms with E-state index in [-0.39, 0.29) is 11.5 Å². The quantitative estimate of drug-likeness (QED) is 0.760. The maximum absolute atomic E-state index is 10.5. The van der Waals surface area contributed by atoms with Crippen LogP contribution in [0.3, 0.4) is 0 Å². The van der Waals surface area contributed by atoms with Crippen molar-refractivity contribution in [2.24, 2.45) is 5.92 Å². The van der Waals surface area contributed by atoms with E-state index in [9.17, 15) is 5.11 Å². The SMILES string of the molecule is COc1ccc2c3c1O[C@H]1[C@@H](O)C=C[C@H]4C(C2)NCCC341. The molecule has 5 rings (SSSR count). The molecule has 110 valence electrons. The van der Waals surface area contributed by atoms with Gasteiger partial charge in [-0.05, 0) is 31.0 Å². The Balaban J connectivity index is 1.84. The lowest BCUT2D eigenvalue weighted by Gasteiger charge is -2.53. The fourth-order valence-corrected chi connectivity index (χ4v) is 5.13. The van der Waals surface area contributed by atoms with Crippen molar-refractivity contribution < 1.29 is 14.6 Å². The monoisotopic (exact) mass is 285 g/mol. The van der Waals surface area contributed by atoms with Gasteiger partial charge in [0, 0.05) is 22.9 Å². The average molecular weight is 285 g/mol. The number of methoxy groups -OCH3 is 1. The lowest BCUT2D eigenvalue weighted by Crippen LogP contribution is -2.64. The summed E-state index contributed by atoms with van der Waals surface area (Å²) in [7, 11) is 1.68. The van der Waals surface area contributed by atoms with Crippen molar-refractivity contribution in [2.75, 3.05) is 13.7 Å². The van der Waals surface area contributed by atoms with Crippen molar-refractivity contribution in [3.63, 3.8) is 0 Å². The van der Waals surface area contributed by atoms with Crippen LogP contribution in [0.1, 0.15) is 17.5 Å². The first-order valence-electron chi connectivity index (χ1n) is 7.72. The van der Waals surface area contributed by atoms with Crippen LogP contribution in [-0.2, 0) is 11.8 Å². The van der Waals surface area contributed by atoms with Crippen molar-refractivity contribution >= 4 is 0 Å². The van der Waals surface area contributed by atoms with Gasteiger partial charge in [0.15, 0.2) is 11.5 Å². The Morgan fingerprint density at radius 2 is 2.29 bits per heavy atom. The highest BCUT2D eigenvalue weighted by Crippen LogP contribution is 2.61. The molecule has 21 heavy (non-hydrogen) atoms. The summed E-state index contributed by atoms with van der Waals surface area (Å²) in [6, 6.07) is 4.62. The van der Waals surface area contributed by atoms with E-state index in [1.165, 1.54) is 11.1 Å². The van der Waals surface area contributed by atoms with E-state index < -0.39 is 6.10 Å². The third-order valence-electron chi connectivity index (χ3n) is 5.88. The van der Waals surface area contributed by atoms with E-state index in [1.807, 2.05) is 12.1 Å². The normalized spacial score (nSPS) is 41.4. The molecule has 2 heterocycles. The van der Waals surface area contributed by atoms with Gasteiger partial charge >= 0.3 is 0 Å². The number of rotatable bonds is 1. The number of aliphatic hydroxyl groups excluding tert-OH is 1. The minimum Gasteiger partial charge on any atom is -0.493 e. The molecule has 1 saturated heterocycles. The second-order valence-electron chi connectivity index (χ2n) is 6.63. The zero-order chi connectivity index (χ0) is 14.2. The number of aliphatic hydroxyl groups is 1. The summed E-state index contributed by atoms with van der Waals surface area (Å²) in [6.45, 7) is 0.984. The van der Waals surface area contributed by atoms with E-state index in [2.05, 4.69) is 17.5 Å². The fourth-order valence-electron chi connectivity index (χ4n) is 5.13. The topological polar surface area (TPSA) is 50.7 Å². The molecule has 2 unspecified atom stereocenters. The first-order chi connectivity index (χ1) is 10.3. The van der Waals surface area contributed by atoms with Crippen LogP contribution in [0.2, 0.25) is 0 Å². The van der Waals surface area contributed by atoms with Crippen LogP contribution in [0, 0.1) is 5.92 Å². The number of ether oxygens (including phenoxy) is 2. The summed E-state index contributed by atoms with van der Waals surface area (Å²) in [5.41, 5.74) is 2.57. The van der Waals surface area contributed by atoms with Crippen molar-refractivity contribution in [1.82, 2.24) is 5.32 Å². The van der Waals surface area contributed by atoms with Gasteiger partial charge < -0.3 is 19.9 Å². The Hall–Kier alpha value is -1.52. The van der Waals surface area contributed by atoms with Gasteiger partial charge in [-0.3, -0.25) is 0 Å². The highest BCUT2D eigenvalue weighted by atomic mass is 16.5. The average Bonchev–Trinajstić information content (AvgIpc) is 2.83. The Kier molecular flexibility index (Phi) is 2.19. The van der Waals surface area contributed by atoms with Crippen molar-refractivity contribution in [1.29, 1.82) is 0 Å². The molecule has 0 aromatic heterocycles. The molecule has 0 saturated carbocycles. The van der Waals surface area contributed by atoms with Gasteiger partial charge in [-0.15, -0.1) is 0 Å². The van der Waals surface area contributed by atoms with E-state index in [1.54, 1.807) is 7.11 Å². The summed E-state index contributed by atoms with van der Waals surface area (Å²) < 4.78 is 11.8. The molecule has 2 bridgehead atoms. The van der Waals surface area contributed by atoms with Gasteiger partial charge in [-0.2, -0.15) is 0 Å². The summed E-state index contributed by atoms with van der Waals surface area (Å²) in [4.78, 5) is 0. The van der Waals surface area contributed by atoms with Crippen LogP contribution < -0.4 is 14.8 Å². The van der Waals surface area contributed by atoms with E-state index in [4.69, 9.17) is 9.47 Å². The summed E-state index contributed by atoms with van der Waals surface area (Å²) in [5.74, 6) is 2.06. The molecule has 4 heteroatoms. The van der Waals surface area contributed by atoms with E-state index >= 15 is 0 Å². The Bertz CT molecular complexity index is 656. The summed E-state index contributed by atoms with van der Waals surface area (Å²) in [6.07, 6.45) is 5.43. The number of nitrogens with one attached hydrogen (secondary N) is 1. The van der Waals surface area contributed by atoms with Gasteiger partial charge in [0.25, 0.3) is 0 Å². The molecule has 0 amide bonds. The Morgan fingerprint density at radius 1 is 1.38 bits per heavy atom. The molecule has 5 atom stereocenters. The van der Waals surface area contributed by atoms with E-state index in [0.29, 0.717) is 12.0 Å². The second kappa shape index (κ2) is 3.81. The second-order valence-corrected chi connectivity index (χ2v) is 6.63. The minimum atomic E-state index is -0.539. The van der Waals surface area contributed by atoms with Crippen LogP contribution in [0.25, 0.3) is 0 Å². The summed E-state index contributed by atoms with van der Waals surface area (Å²) in [5, 5.41) is 14.1. The molecule has 1 fully saturated rings.